The number of carbonyl (C=O) groups is 1. The van der Waals surface area contributed by atoms with Crippen LogP contribution in [-0.4, -0.2) is 16.0 Å². The zero-order valence-electron chi connectivity index (χ0n) is 10.6. The van der Waals surface area contributed by atoms with Crippen molar-refractivity contribution in [2.24, 2.45) is 0 Å². The number of hydrogen-bond donors (Lipinski definition) is 1. The molecule has 0 amide bonds. The first-order valence-corrected chi connectivity index (χ1v) is 6.55. The van der Waals surface area contributed by atoms with Crippen LogP contribution in [0.4, 0.5) is 5.69 Å². The van der Waals surface area contributed by atoms with E-state index in [1.165, 1.54) is 23.9 Å². The van der Waals surface area contributed by atoms with Crippen molar-refractivity contribution in [3.63, 3.8) is 0 Å². The molecule has 0 bridgehead atoms. The van der Waals surface area contributed by atoms with Crippen molar-refractivity contribution in [3.05, 3.63) is 63.7 Å². The monoisotopic (exact) mass is 289 g/mol. The van der Waals surface area contributed by atoms with E-state index in [1.807, 2.05) is 31.2 Å². The SMILES string of the molecule is Cc1ccc(Sc2ccc(C(=O)O)c([N+](=O)[O-])c2)cc1. The molecule has 0 fully saturated rings. The summed E-state index contributed by atoms with van der Waals surface area (Å²) in [5, 5.41) is 19.8. The molecule has 0 saturated heterocycles. The van der Waals surface area contributed by atoms with Gasteiger partial charge in [-0.1, -0.05) is 29.5 Å². The van der Waals surface area contributed by atoms with Crippen LogP contribution >= 0.6 is 11.8 Å². The smallest absolute Gasteiger partial charge is 0.342 e. The van der Waals surface area contributed by atoms with Crippen molar-refractivity contribution < 1.29 is 14.8 Å². The Labute approximate surface area is 119 Å². The third-order valence-corrected chi connectivity index (χ3v) is 3.65. The van der Waals surface area contributed by atoms with E-state index in [2.05, 4.69) is 0 Å². The Bertz CT molecular complexity index is 667. The van der Waals surface area contributed by atoms with Gasteiger partial charge in [0.25, 0.3) is 5.69 Å². The third-order valence-electron chi connectivity index (χ3n) is 2.65. The highest BCUT2D eigenvalue weighted by atomic mass is 32.2. The molecular weight excluding hydrogens is 278 g/mol. The van der Waals surface area contributed by atoms with E-state index < -0.39 is 16.6 Å². The number of nitro groups is 1. The van der Waals surface area contributed by atoms with Crippen molar-refractivity contribution in [1.82, 2.24) is 0 Å². The van der Waals surface area contributed by atoms with Gasteiger partial charge in [0.15, 0.2) is 0 Å². The summed E-state index contributed by atoms with van der Waals surface area (Å²) in [5.41, 5.74) is 0.430. The van der Waals surface area contributed by atoms with Gasteiger partial charge in [-0.2, -0.15) is 0 Å². The number of carboxylic acids is 1. The zero-order chi connectivity index (χ0) is 14.7. The Morgan fingerprint density at radius 3 is 2.30 bits per heavy atom. The molecule has 5 nitrogen and oxygen atoms in total. The molecule has 2 aromatic rings. The van der Waals surface area contributed by atoms with Gasteiger partial charge in [-0.15, -0.1) is 0 Å². The van der Waals surface area contributed by atoms with Gasteiger partial charge in [-0.05, 0) is 31.2 Å². The standard InChI is InChI=1S/C14H11NO4S/c1-9-2-4-10(5-3-9)20-11-6-7-12(14(16)17)13(8-11)15(18)19/h2-8H,1H3,(H,16,17). The third kappa shape index (κ3) is 3.16. The lowest BCUT2D eigenvalue weighted by atomic mass is 10.2. The maximum absolute atomic E-state index is 10.9. The van der Waals surface area contributed by atoms with Crippen molar-refractivity contribution >= 4 is 23.4 Å². The van der Waals surface area contributed by atoms with Crippen molar-refractivity contribution in [1.29, 1.82) is 0 Å². The molecule has 20 heavy (non-hydrogen) atoms. The largest absolute Gasteiger partial charge is 0.477 e. The van der Waals surface area contributed by atoms with Gasteiger partial charge in [-0.3, -0.25) is 10.1 Å². The van der Waals surface area contributed by atoms with Crippen LogP contribution in [0.3, 0.4) is 0 Å². The summed E-state index contributed by atoms with van der Waals surface area (Å²) >= 11 is 1.35. The van der Waals surface area contributed by atoms with E-state index >= 15 is 0 Å². The number of benzene rings is 2. The number of aryl methyl sites for hydroxylation is 1. The predicted molar refractivity (Wildman–Crippen MR) is 75.4 cm³/mol. The molecule has 102 valence electrons. The molecule has 0 aliphatic heterocycles. The maximum atomic E-state index is 10.9. The molecule has 0 aromatic heterocycles. The van der Waals surface area contributed by atoms with Gasteiger partial charge in [0.05, 0.1) is 4.92 Å². The molecule has 6 heteroatoms. The van der Waals surface area contributed by atoms with Crippen LogP contribution in [0.25, 0.3) is 0 Å². The topological polar surface area (TPSA) is 80.4 Å². The van der Waals surface area contributed by atoms with E-state index in [4.69, 9.17) is 5.11 Å². The highest BCUT2D eigenvalue weighted by Gasteiger charge is 2.20. The minimum absolute atomic E-state index is 0.303. The summed E-state index contributed by atoms with van der Waals surface area (Å²) in [6.45, 7) is 1.97. The van der Waals surface area contributed by atoms with Gasteiger partial charge in [0, 0.05) is 15.9 Å². The van der Waals surface area contributed by atoms with Gasteiger partial charge < -0.3 is 5.11 Å². The number of nitrogens with zero attached hydrogens (tertiary/aromatic N) is 1. The van der Waals surface area contributed by atoms with Crippen LogP contribution in [-0.2, 0) is 0 Å². The molecule has 0 atom stereocenters. The molecule has 0 spiro atoms. The van der Waals surface area contributed by atoms with E-state index in [0.29, 0.717) is 4.90 Å². The van der Waals surface area contributed by atoms with Crippen molar-refractivity contribution in [3.8, 4) is 0 Å². The quantitative estimate of drug-likeness (QED) is 0.684. The Kier molecular flexibility index (Phi) is 4.05. The van der Waals surface area contributed by atoms with E-state index in [-0.39, 0.29) is 5.56 Å². The van der Waals surface area contributed by atoms with E-state index in [1.54, 1.807) is 6.07 Å². The number of rotatable bonds is 4. The second kappa shape index (κ2) is 5.75. The minimum atomic E-state index is -1.30. The number of nitro benzene ring substituents is 1. The lowest BCUT2D eigenvalue weighted by Gasteiger charge is -2.04. The fourth-order valence-electron chi connectivity index (χ4n) is 1.65. The fourth-order valence-corrected chi connectivity index (χ4v) is 2.50. The second-order valence-corrected chi connectivity index (χ2v) is 5.30. The lowest BCUT2D eigenvalue weighted by molar-refractivity contribution is -0.385. The first-order valence-electron chi connectivity index (χ1n) is 5.73. The van der Waals surface area contributed by atoms with E-state index in [9.17, 15) is 14.9 Å². The average Bonchev–Trinajstić information content (AvgIpc) is 2.41. The summed E-state index contributed by atoms with van der Waals surface area (Å²) < 4.78 is 0. The Hall–Kier alpha value is -2.34. The summed E-state index contributed by atoms with van der Waals surface area (Å²) in [7, 11) is 0. The minimum Gasteiger partial charge on any atom is -0.477 e. The average molecular weight is 289 g/mol. The number of carboxylic acid groups (broad SMARTS) is 1. The fraction of sp³-hybridized carbons (Fsp3) is 0.0714. The van der Waals surface area contributed by atoms with Gasteiger partial charge >= 0.3 is 5.97 Å². The van der Waals surface area contributed by atoms with Crippen LogP contribution in [0.5, 0.6) is 0 Å². The highest BCUT2D eigenvalue weighted by Crippen LogP contribution is 2.31. The first-order chi connectivity index (χ1) is 9.47. The van der Waals surface area contributed by atoms with E-state index in [0.717, 1.165) is 10.5 Å². The molecule has 2 rings (SSSR count). The summed E-state index contributed by atoms with van der Waals surface area (Å²) in [6.07, 6.45) is 0. The van der Waals surface area contributed by atoms with Crippen LogP contribution in [0.2, 0.25) is 0 Å². The molecule has 0 aliphatic rings. The molecule has 2 aromatic carbocycles. The summed E-state index contributed by atoms with van der Waals surface area (Å²) in [4.78, 5) is 22.7. The van der Waals surface area contributed by atoms with Crippen molar-refractivity contribution in [2.75, 3.05) is 0 Å². The Morgan fingerprint density at radius 2 is 1.75 bits per heavy atom. The van der Waals surface area contributed by atoms with Crippen LogP contribution in [0, 0.1) is 17.0 Å². The Morgan fingerprint density at radius 1 is 1.15 bits per heavy atom. The Balaban J connectivity index is 2.34. The first kappa shape index (κ1) is 14.1. The molecule has 0 aliphatic carbocycles. The van der Waals surface area contributed by atoms with Crippen molar-refractivity contribution in [2.45, 2.75) is 16.7 Å². The number of aromatic carboxylic acids is 1. The molecule has 0 saturated carbocycles. The van der Waals surface area contributed by atoms with Gasteiger partial charge in [-0.25, -0.2) is 4.79 Å². The van der Waals surface area contributed by atoms with Gasteiger partial charge in [0.2, 0.25) is 0 Å². The van der Waals surface area contributed by atoms with Gasteiger partial charge in [0.1, 0.15) is 5.56 Å². The summed E-state index contributed by atoms with van der Waals surface area (Å²) in [6, 6.07) is 11.8. The van der Waals surface area contributed by atoms with Crippen LogP contribution in [0.15, 0.2) is 52.3 Å². The molecule has 1 N–H and O–H groups in total. The highest BCUT2D eigenvalue weighted by molar-refractivity contribution is 7.99. The zero-order valence-corrected chi connectivity index (χ0v) is 11.4. The molecule has 0 unspecified atom stereocenters. The summed E-state index contributed by atoms with van der Waals surface area (Å²) in [5.74, 6) is -1.30. The van der Waals surface area contributed by atoms with Crippen LogP contribution < -0.4 is 0 Å². The predicted octanol–water partition coefficient (Wildman–Crippen LogP) is 3.75. The number of hydrogen-bond acceptors (Lipinski definition) is 4. The van der Waals surface area contributed by atoms with Crippen LogP contribution in [0.1, 0.15) is 15.9 Å². The maximum Gasteiger partial charge on any atom is 0.342 e. The molecule has 0 radical (unpaired) electrons. The molecule has 0 heterocycles. The molecular formula is C14H11NO4S. The lowest BCUT2D eigenvalue weighted by Crippen LogP contribution is -2.02. The normalized spacial score (nSPS) is 10.2. The second-order valence-electron chi connectivity index (χ2n) is 4.16.